The minimum atomic E-state index is -3.01. The number of amides is 2. The van der Waals surface area contributed by atoms with Crippen molar-refractivity contribution in [3.05, 3.63) is 29.8 Å². The van der Waals surface area contributed by atoms with Crippen molar-refractivity contribution in [1.29, 1.82) is 0 Å². The summed E-state index contributed by atoms with van der Waals surface area (Å²) in [5.74, 6) is 0.163. The Hall–Kier alpha value is -1.60. The van der Waals surface area contributed by atoms with Gasteiger partial charge in [0, 0.05) is 18.8 Å². The van der Waals surface area contributed by atoms with E-state index in [0.717, 1.165) is 5.56 Å². The summed E-state index contributed by atoms with van der Waals surface area (Å²) in [4.78, 5) is 13.5. The Morgan fingerprint density at radius 1 is 1.38 bits per heavy atom. The lowest BCUT2D eigenvalue weighted by molar-refractivity contribution is 0.199. The first-order valence-corrected chi connectivity index (χ1v) is 8.63. The van der Waals surface area contributed by atoms with Gasteiger partial charge in [-0.1, -0.05) is 12.1 Å². The molecule has 0 saturated carbocycles. The van der Waals surface area contributed by atoms with E-state index in [1.165, 1.54) is 4.90 Å². The summed E-state index contributed by atoms with van der Waals surface area (Å²) in [6.07, 6.45) is -0.0751. The predicted octanol–water partition coefficient (Wildman–Crippen LogP) is 1.39. The summed E-state index contributed by atoms with van der Waals surface area (Å²) in [6, 6.07) is 6.28. The van der Waals surface area contributed by atoms with Gasteiger partial charge in [0.2, 0.25) is 0 Å². The van der Waals surface area contributed by atoms with Gasteiger partial charge in [-0.25, -0.2) is 13.2 Å². The van der Waals surface area contributed by atoms with Crippen LogP contribution in [0.25, 0.3) is 0 Å². The number of carbonyl (C=O) groups is 1. The van der Waals surface area contributed by atoms with Crippen LogP contribution >= 0.6 is 0 Å². The average molecular weight is 312 g/mol. The molecule has 7 heteroatoms. The highest BCUT2D eigenvalue weighted by Crippen LogP contribution is 2.19. The summed E-state index contributed by atoms with van der Waals surface area (Å²) in [5, 5.41) is 12.1. The standard InChI is InChI=1S/C14H20N2O4S/c1-10(17)11-3-5-12(6-4-11)15-14(18)16(2)13-7-8-21(19,20)9-13/h3-6,10,13,17H,7-9H2,1-2H3,(H,15,18). The van der Waals surface area contributed by atoms with Gasteiger partial charge in [-0.15, -0.1) is 0 Å². The van der Waals surface area contributed by atoms with E-state index in [-0.39, 0.29) is 23.6 Å². The summed E-state index contributed by atoms with van der Waals surface area (Å²) in [5.41, 5.74) is 1.38. The zero-order chi connectivity index (χ0) is 15.6. The fraction of sp³-hybridized carbons (Fsp3) is 0.500. The summed E-state index contributed by atoms with van der Waals surface area (Å²) in [6.45, 7) is 1.67. The van der Waals surface area contributed by atoms with E-state index < -0.39 is 15.9 Å². The van der Waals surface area contributed by atoms with Crippen LogP contribution in [0, 0.1) is 0 Å². The van der Waals surface area contributed by atoms with Crippen LogP contribution in [-0.2, 0) is 9.84 Å². The van der Waals surface area contributed by atoms with Gasteiger partial charge >= 0.3 is 6.03 Å². The van der Waals surface area contributed by atoms with E-state index in [0.29, 0.717) is 12.1 Å². The molecule has 0 radical (unpaired) electrons. The minimum Gasteiger partial charge on any atom is -0.389 e. The van der Waals surface area contributed by atoms with Gasteiger partial charge in [0.25, 0.3) is 0 Å². The molecule has 116 valence electrons. The molecule has 1 aliphatic heterocycles. The van der Waals surface area contributed by atoms with Crippen molar-refractivity contribution in [3.63, 3.8) is 0 Å². The van der Waals surface area contributed by atoms with E-state index in [1.807, 2.05) is 0 Å². The smallest absolute Gasteiger partial charge is 0.321 e. The van der Waals surface area contributed by atoms with E-state index >= 15 is 0 Å². The number of urea groups is 1. The molecule has 2 N–H and O–H groups in total. The molecule has 0 bridgehead atoms. The second kappa shape index (κ2) is 6.03. The molecule has 2 atom stereocenters. The second-order valence-electron chi connectivity index (χ2n) is 5.40. The largest absolute Gasteiger partial charge is 0.389 e. The maximum Gasteiger partial charge on any atom is 0.321 e. The van der Waals surface area contributed by atoms with Crippen LogP contribution in [0.2, 0.25) is 0 Å². The zero-order valence-electron chi connectivity index (χ0n) is 12.1. The third-order valence-corrected chi connectivity index (χ3v) is 5.47. The molecular weight excluding hydrogens is 292 g/mol. The number of nitrogens with zero attached hydrogens (tertiary/aromatic N) is 1. The monoisotopic (exact) mass is 312 g/mol. The van der Waals surface area contributed by atoms with Gasteiger partial charge in [-0.05, 0) is 31.0 Å². The maximum atomic E-state index is 12.1. The first kappa shape index (κ1) is 15.8. The third-order valence-electron chi connectivity index (χ3n) is 3.72. The lowest BCUT2D eigenvalue weighted by Gasteiger charge is -2.23. The van der Waals surface area contributed by atoms with E-state index in [2.05, 4.69) is 5.32 Å². The number of hydrogen-bond acceptors (Lipinski definition) is 4. The summed E-state index contributed by atoms with van der Waals surface area (Å²) < 4.78 is 22.9. The molecule has 2 amide bonds. The molecule has 1 aliphatic rings. The average Bonchev–Trinajstić information content (AvgIpc) is 2.78. The Kier molecular flexibility index (Phi) is 4.53. The third kappa shape index (κ3) is 3.95. The lowest BCUT2D eigenvalue weighted by atomic mass is 10.1. The second-order valence-corrected chi connectivity index (χ2v) is 7.62. The van der Waals surface area contributed by atoms with Crippen LogP contribution in [0.5, 0.6) is 0 Å². The molecule has 0 spiro atoms. The molecule has 2 rings (SSSR count). The molecule has 1 heterocycles. The van der Waals surface area contributed by atoms with E-state index in [1.54, 1.807) is 38.2 Å². The maximum absolute atomic E-state index is 12.1. The van der Waals surface area contributed by atoms with Crippen molar-refractivity contribution in [3.8, 4) is 0 Å². The fourth-order valence-corrected chi connectivity index (χ4v) is 4.08. The van der Waals surface area contributed by atoms with Gasteiger partial charge in [-0.3, -0.25) is 0 Å². The fourth-order valence-electron chi connectivity index (χ4n) is 2.30. The Bertz CT molecular complexity index is 610. The topological polar surface area (TPSA) is 86.7 Å². The number of aliphatic hydroxyl groups excluding tert-OH is 1. The number of rotatable bonds is 3. The zero-order valence-corrected chi connectivity index (χ0v) is 12.9. The molecular formula is C14H20N2O4S. The van der Waals surface area contributed by atoms with Crippen molar-refractivity contribution in [2.75, 3.05) is 23.9 Å². The Morgan fingerprint density at radius 3 is 2.48 bits per heavy atom. The Labute approximate surface area is 124 Å². The highest BCUT2D eigenvalue weighted by atomic mass is 32.2. The van der Waals surface area contributed by atoms with Crippen LogP contribution in [0.3, 0.4) is 0 Å². The molecule has 6 nitrogen and oxygen atoms in total. The predicted molar refractivity (Wildman–Crippen MR) is 80.9 cm³/mol. The lowest BCUT2D eigenvalue weighted by Crippen LogP contribution is -2.40. The van der Waals surface area contributed by atoms with E-state index in [4.69, 9.17) is 0 Å². The molecule has 1 aromatic rings. The molecule has 2 unspecified atom stereocenters. The molecule has 1 fully saturated rings. The van der Waals surface area contributed by atoms with Crippen LogP contribution in [0.15, 0.2) is 24.3 Å². The van der Waals surface area contributed by atoms with Crippen LogP contribution < -0.4 is 5.32 Å². The van der Waals surface area contributed by atoms with Crippen molar-refractivity contribution in [1.82, 2.24) is 4.90 Å². The van der Waals surface area contributed by atoms with Crippen LogP contribution in [-0.4, -0.2) is 49.1 Å². The van der Waals surface area contributed by atoms with Crippen LogP contribution in [0.1, 0.15) is 25.0 Å². The van der Waals surface area contributed by atoms with Crippen molar-refractivity contribution in [2.24, 2.45) is 0 Å². The normalized spacial score (nSPS) is 21.8. The Balaban J connectivity index is 1.98. The van der Waals surface area contributed by atoms with Gasteiger partial charge < -0.3 is 15.3 Å². The Morgan fingerprint density at radius 2 is 2.00 bits per heavy atom. The van der Waals surface area contributed by atoms with Crippen molar-refractivity contribution in [2.45, 2.75) is 25.5 Å². The number of carbonyl (C=O) groups excluding carboxylic acids is 1. The number of benzene rings is 1. The molecule has 1 saturated heterocycles. The first-order chi connectivity index (χ1) is 9.78. The molecule has 0 aliphatic carbocycles. The molecule has 0 aromatic heterocycles. The number of sulfone groups is 1. The quantitative estimate of drug-likeness (QED) is 0.883. The van der Waals surface area contributed by atoms with Gasteiger partial charge in [-0.2, -0.15) is 0 Å². The van der Waals surface area contributed by atoms with Gasteiger partial charge in [0.05, 0.1) is 17.6 Å². The van der Waals surface area contributed by atoms with Gasteiger partial charge in [0.1, 0.15) is 0 Å². The van der Waals surface area contributed by atoms with Gasteiger partial charge in [0.15, 0.2) is 9.84 Å². The highest BCUT2D eigenvalue weighted by Gasteiger charge is 2.32. The first-order valence-electron chi connectivity index (χ1n) is 6.81. The molecule has 1 aromatic carbocycles. The number of hydrogen-bond donors (Lipinski definition) is 2. The SMILES string of the molecule is CC(O)c1ccc(NC(=O)N(C)C2CCS(=O)(=O)C2)cc1. The van der Waals surface area contributed by atoms with Crippen molar-refractivity contribution >= 4 is 21.6 Å². The van der Waals surface area contributed by atoms with E-state index in [9.17, 15) is 18.3 Å². The number of aliphatic hydroxyl groups is 1. The summed E-state index contributed by atoms with van der Waals surface area (Å²) in [7, 11) is -1.41. The number of nitrogens with one attached hydrogen (secondary N) is 1. The van der Waals surface area contributed by atoms with Crippen LogP contribution in [0.4, 0.5) is 10.5 Å². The molecule has 21 heavy (non-hydrogen) atoms. The minimum absolute atomic E-state index is 0.0257. The summed E-state index contributed by atoms with van der Waals surface area (Å²) >= 11 is 0. The number of anilines is 1. The van der Waals surface area contributed by atoms with Crippen molar-refractivity contribution < 1.29 is 18.3 Å². The highest BCUT2D eigenvalue weighted by molar-refractivity contribution is 7.91.